The molecule has 0 aromatic carbocycles. The molecule has 0 radical (unpaired) electrons. The highest BCUT2D eigenvalue weighted by Gasteiger charge is 2.07. The van der Waals surface area contributed by atoms with Gasteiger partial charge in [0.1, 0.15) is 19.1 Å². The number of aliphatic hydroxyl groups is 1. The van der Waals surface area contributed by atoms with Crippen molar-refractivity contribution in [3.8, 4) is 0 Å². The summed E-state index contributed by atoms with van der Waals surface area (Å²) in [4.78, 5) is 15.1. The van der Waals surface area contributed by atoms with Crippen LogP contribution in [0.5, 0.6) is 0 Å². The van der Waals surface area contributed by atoms with Crippen molar-refractivity contribution >= 4 is 11.1 Å². The predicted molar refractivity (Wildman–Crippen MR) is 51.2 cm³/mol. The number of fused-ring (bicyclic) bond motifs is 1. The molecular weight excluding hydrogens is 200 g/mol. The van der Waals surface area contributed by atoms with Crippen LogP contribution >= 0.6 is 0 Å². The standard InChI is InChI=1S/C9H10N2O4/c1-14-5-11-3-6-2-7(4-12)15-8(6)10-9(11)13/h2-3,12H,4-5H2,1H3. The van der Waals surface area contributed by atoms with Crippen molar-refractivity contribution in [3.05, 3.63) is 28.5 Å². The molecule has 80 valence electrons. The number of hydrogen-bond acceptors (Lipinski definition) is 5. The average molecular weight is 210 g/mol. The zero-order valence-corrected chi connectivity index (χ0v) is 8.14. The van der Waals surface area contributed by atoms with Gasteiger partial charge < -0.3 is 14.3 Å². The molecule has 6 nitrogen and oxygen atoms in total. The first-order valence-electron chi connectivity index (χ1n) is 4.34. The van der Waals surface area contributed by atoms with E-state index >= 15 is 0 Å². The van der Waals surface area contributed by atoms with E-state index in [4.69, 9.17) is 14.3 Å². The molecule has 0 aliphatic heterocycles. The summed E-state index contributed by atoms with van der Waals surface area (Å²) in [5.41, 5.74) is -0.209. The Bertz CT molecular complexity index is 528. The van der Waals surface area contributed by atoms with Crippen molar-refractivity contribution in [1.82, 2.24) is 9.55 Å². The van der Waals surface area contributed by atoms with Crippen LogP contribution in [-0.2, 0) is 18.1 Å². The van der Waals surface area contributed by atoms with Crippen LogP contribution in [0.25, 0.3) is 11.1 Å². The fourth-order valence-corrected chi connectivity index (χ4v) is 1.31. The Hall–Kier alpha value is -1.66. The summed E-state index contributed by atoms with van der Waals surface area (Å²) in [7, 11) is 1.49. The van der Waals surface area contributed by atoms with Crippen molar-refractivity contribution in [1.29, 1.82) is 0 Å². The van der Waals surface area contributed by atoms with Gasteiger partial charge in [-0.2, -0.15) is 4.98 Å². The van der Waals surface area contributed by atoms with E-state index in [1.165, 1.54) is 11.7 Å². The molecule has 0 amide bonds. The summed E-state index contributed by atoms with van der Waals surface area (Å²) < 4.78 is 11.3. The first kappa shape index (κ1) is 9.88. The Morgan fingerprint density at radius 1 is 1.67 bits per heavy atom. The lowest BCUT2D eigenvalue weighted by molar-refractivity contribution is 0.127. The van der Waals surface area contributed by atoms with Gasteiger partial charge in [0.05, 0.1) is 5.39 Å². The number of furan rings is 1. The normalized spacial score (nSPS) is 11.1. The van der Waals surface area contributed by atoms with E-state index in [-0.39, 0.29) is 19.1 Å². The van der Waals surface area contributed by atoms with E-state index in [9.17, 15) is 4.79 Å². The molecule has 0 saturated heterocycles. The van der Waals surface area contributed by atoms with Crippen molar-refractivity contribution in [2.24, 2.45) is 0 Å². The molecule has 2 heterocycles. The average Bonchev–Trinajstić information content (AvgIpc) is 2.61. The van der Waals surface area contributed by atoms with Gasteiger partial charge in [0.2, 0.25) is 5.71 Å². The number of hydrogen-bond donors (Lipinski definition) is 1. The lowest BCUT2D eigenvalue weighted by atomic mass is 10.4. The highest BCUT2D eigenvalue weighted by Crippen LogP contribution is 2.15. The molecule has 0 unspecified atom stereocenters. The van der Waals surface area contributed by atoms with E-state index in [2.05, 4.69) is 4.98 Å². The van der Waals surface area contributed by atoms with Gasteiger partial charge in [-0.1, -0.05) is 0 Å². The quantitative estimate of drug-likeness (QED) is 0.776. The van der Waals surface area contributed by atoms with Crippen LogP contribution < -0.4 is 5.69 Å². The van der Waals surface area contributed by atoms with Crippen molar-refractivity contribution < 1.29 is 14.3 Å². The Morgan fingerprint density at radius 3 is 3.13 bits per heavy atom. The van der Waals surface area contributed by atoms with Gasteiger partial charge in [-0.05, 0) is 6.07 Å². The van der Waals surface area contributed by atoms with Crippen LogP contribution in [0.3, 0.4) is 0 Å². The topological polar surface area (TPSA) is 77.5 Å². The summed E-state index contributed by atoms with van der Waals surface area (Å²) in [6.45, 7) is -0.0732. The summed E-state index contributed by atoms with van der Waals surface area (Å²) in [5, 5.41) is 9.51. The van der Waals surface area contributed by atoms with Crippen LogP contribution in [0.1, 0.15) is 5.76 Å². The number of methoxy groups -OCH3 is 1. The molecule has 15 heavy (non-hydrogen) atoms. The van der Waals surface area contributed by atoms with Crippen LogP contribution in [0.4, 0.5) is 0 Å². The molecule has 2 aromatic heterocycles. The van der Waals surface area contributed by atoms with Gasteiger partial charge >= 0.3 is 5.69 Å². The number of aromatic nitrogens is 2. The van der Waals surface area contributed by atoms with E-state index in [1.54, 1.807) is 12.3 Å². The van der Waals surface area contributed by atoms with E-state index < -0.39 is 5.69 Å². The van der Waals surface area contributed by atoms with Crippen LogP contribution in [-0.4, -0.2) is 21.8 Å². The highest BCUT2D eigenvalue weighted by molar-refractivity contribution is 5.72. The third kappa shape index (κ3) is 1.77. The van der Waals surface area contributed by atoms with Crippen molar-refractivity contribution in [2.75, 3.05) is 7.11 Å². The molecule has 0 aliphatic rings. The second-order valence-electron chi connectivity index (χ2n) is 3.04. The summed E-state index contributed by atoms with van der Waals surface area (Å²) in [6.07, 6.45) is 1.58. The molecule has 0 aliphatic carbocycles. The predicted octanol–water partition coefficient (Wildman–Crippen LogP) is 0.0857. The van der Waals surface area contributed by atoms with Crippen LogP contribution in [0.15, 0.2) is 21.5 Å². The van der Waals surface area contributed by atoms with Gasteiger partial charge in [0, 0.05) is 13.3 Å². The first-order valence-corrected chi connectivity index (χ1v) is 4.34. The zero-order valence-electron chi connectivity index (χ0n) is 8.14. The van der Waals surface area contributed by atoms with Crippen molar-refractivity contribution in [3.63, 3.8) is 0 Å². The lowest BCUT2D eigenvalue weighted by Crippen LogP contribution is -2.22. The van der Waals surface area contributed by atoms with Crippen molar-refractivity contribution in [2.45, 2.75) is 13.3 Å². The molecule has 0 spiro atoms. The molecule has 0 atom stereocenters. The van der Waals surface area contributed by atoms with Crippen LogP contribution in [0, 0.1) is 0 Å². The van der Waals surface area contributed by atoms with Gasteiger partial charge in [-0.15, -0.1) is 0 Å². The summed E-state index contributed by atoms with van der Waals surface area (Å²) in [6, 6.07) is 1.63. The Kier molecular flexibility index (Phi) is 2.53. The third-order valence-electron chi connectivity index (χ3n) is 1.95. The number of nitrogens with zero attached hydrogens (tertiary/aromatic N) is 2. The smallest absolute Gasteiger partial charge is 0.352 e. The molecule has 1 N–H and O–H groups in total. The fraction of sp³-hybridized carbons (Fsp3) is 0.333. The minimum absolute atomic E-state index is 0.140. The van der Waals surface area contributed by atoms with Gasteiger partial charge in [-0.3, -0.25) is 4.57 Å². The monoisotopic (exact) mass is 210 g/mol. The molecule has 0 fully saturated rings. The molecule has 2 aromatic rings. The second-order valence-corrected chi connectivity index (χ2v) is 3.04. The highest BCUT2D eigenvalue weighted by atomic mass is 16.5. The molecule has 2 rings (SSSR count). The van der Waals surface area contributed by atoms with E-state index in [1.807, 2.05) is 0 Å². The van der Waals surface area contributed by atoms with E-state index in [0.717, 1.165) is 0 Å². The molecule has 0 saturated carbocycles. The number of ether oxygens (including phenoxy) is 1. The lowest BCUT2D eigenvalue weighted by Gasteiger charge is -2.00. The number of aliphatic hydroxyl groups excluding tert-OH is 1. The van der Waals surface area contributed by atoms with Gasteiger partial charge in [0.25, 0.3) is 0 Å². The Morgan fingerprint density at radius 2 is 2.47 bits per heavy atom. The summed E-state index contributed by atoms with van der Waals surface area (Å²) in [5.74, 6) is 0.382. The van der Waals surface area contributed by atoms with E-state index in [0.29, 0.717) is 11.1 Å². The maximum absolute atomic E-state index is 11.4. The SMILES string of the molecule is COCn1cc2cc(CO)oc2nc1=O. The zero-order chi connectivity index (χ0) is 10.8. The molecule has 0 bridgehead atoms. The summed E-state index contributed by atoms with van der Waals surface area (Å²) >= 11 is 0. The fourth-order valence-electron chi connectivity index (χ4n) is 1.31. The second kappa shape index (κ2) is 3.84. The minimum atomic E-state index is -0.441. The maximum Gasteiger partial charge on any atom is 0.352 e. The minimum Gasteiger partial charge on any atom is -0.440 e. The first-order chi connectivity index (χ1) is 7.24. The largest absolute Gasteiger partial charge is 0.440 e. The van der Waals surface area contributed by atoms with Crippen LogP contribution in [0.2, 0.25) is 0 Å². The maximum atomic E-state index is 11.4. The third-order valence-corrected chi connectivity index (χ3v) is 1.95. The molecular formula is C9H10N2O4. The van der Waals surface area contributed by atoms with Gasteiger partial charge in [0.15, 0.2) is 0 Å². The van der Waals surface area contributed by atoms with Gasteiger partial charge in [-0.25, -0.2) is 4.79 Å². The Balaban J connectivity index is 2.58. The molecule has 6 heteroatoms. The Labute approximate surface area is 84.7 Å². The number of rotatable bonds is 3.